The summed E-state index contributed by atoms with van der Waals surface area (Å²) in [4.78, 5) is 48.6. The maximum absolute atomic E-state index is 13.1. The number of nitrogens with zero attached hydrogens (tertiary/aromatic N) is 3. The van der Waals surface area contributed by atoms with Crippen LogP contribution in [-0.2, 0) is 4.79 Å². The first-order valence-corrected chi connectivity index (χ1v) is 10.3. The van der Waals surface area contributed by atoms with Crippen molar-refractivity contribution in [3.63, 3.8) is 0 Å². The number of H-pyrrole nitrogens is 1. The third-order valence-electron chi connectivity index (χ3n) is 5.04. The van der Waals surface area contributed by atoms with E-state index in [-0.39, 0.29) is 11.4 Å². The Morgan fingerprint density at radius 2 is 1.71 bits per heavy atom. The van der Waals surface area contributed by atoms with E-state index in [9.17, 15) is 24.5 Å². The molecule has 1 atom stereocenters. The molecule has 3 N–H and O–H groups in total. The summed E-state index contributed by atoms with van der Waals surface area (Å²) >= 11 is 0. The predicted octanol–water partition coefficient (Wildman–Crippen LogP) is 2.45. The number of non-ortho nitro benzene ring substituents is 1. The lowest BCUT2D eigenvalue weighted by atomic mass is 10.0. The van der Waals surface area contributed by atoms with Crippen molar-refractivity contribution >= 4 is 34.5 Å². The van der Waals surface area contributed by atoms with Crippen LogP contribution in [0.15, 0.2) is 88.8 Å². The van der Waals surface area contributed by atoms with E-state index >= 15 is 0 Å². The van der Waals surface area contributed by atoms with Crippen molar-refractivity contribution < 1.29 is 14.5 Å². The van der Waals surface area contributed by atoms with Gasteiger partial charge in [0.2, 0.25) is 0 Å². The van der Waals surface area contributed by atoms with E-state index in [2.05, 4.69) is 26.0 Å². The SMILES string of the molecule is O=C(NC(C(=O)NN=Cc1cccc([N+](=O)[O-])c1)c1n[nH]c(=O)c2ccccc12)c1ccccc1. The number of nitro benzene ring substituents is 1. The fourth-order valence-electron chi connectivity index (χ4n) is 3.37. The molecular weight excluding hydrogens is 452 g/mol. The highest BCUT2D eigenvalue weighted by molar-refractivity contribution is 5.99. The van der Waals surface area contributed by atoms with E-state index in [0.717, 1.165) is 0 Å². The van der Waals surface area contributed by atoms with Gasteiger partial charge < -0.3 is 5.32 Å². The average Bonchev–Trinajstić information content (AvgIpc) is 2.88. The number of carbonyl (C=O) groups is 2. The highest BCUT2D eigenvalue weighted by Gasteiger charge is 2.27. The molecule has 3 aromatic carbocycles. The van der Waals surface area contributed by atoms with Gasteiger partial charge in [-0.1, -0.05) is 48.5 Å². The summed E-state index contributed by atoms with van der Waals surface area (Å²) in [7, 11) is 0. The van der Waals surface area contributed by atoms with Crippen molar-refractivity contribution in [2.75, 3.05) is 0 Å². The van der Waals surface area contributed by atoms with Crippen LogP contribution in [0.4, 0.5) is 5.69 Å². The Hall–Kier alpha value is -5.19. The molecule has 1 heterocycles. The molecule has 0 aliphatic rings. The molecule has 2 amide bonds. The Morgan fingerprint density at radius 3 is 2.46 bits per heavy atom. The first kappa shape index (κ1) is 23.0. The Morgan fingerprint density at radius 1 is 1.00 bits per heavy atom. The standard InChI is InChI=1S/C24H18N6O5/c31-22(16-8-2-1-3-9-16)26-21(20-18-11-4-5-12-19(18)23(32)29-27-20)24(33)28-25-14-15-7-6-10-17(13-15)30(34)35/h1-14,21H,(H,26,31)(H,28,33)(H,29,32). The normalized spacial score (nSPS) is 11.8. The van der Waals surface area contributed by atoms with Gasteiger partial charge in [-0.15, -0.1) is 0 Å². The first-order chi connectivity index (χ1) is 16.9. The van der Waals surface area contributed by atoms with Crippen molar-refractivity contribution in [2.24, 2.45) is 5.10 Å². The largest absolute Gasteiger partial charge is 0.335 e. The second-order valence-corrected chi connectivity index (χ2v) is 7.34. The van der Waals surface area contributed by atoms with Crippen molar-refractivity contribution in [2.45, 2.75) is 6.04 Å². The molecule has 0 bridgehead atoms. The number of rotatable bonds is 7. The molecule has 174 valence electrons. The molecule has 0 aliphatic heterocycles. The van der Waals surface area contributed by atoms with E-state index in [0.29, 0.717) is 21.9 Å². The van der Waals surface area contributed by atoms with Gasteiger partial charge in [-0.2, -0.15) is 10.2 Å². The second kappa shape index (κ2) is 10.2. The van der Waals surface area contributed by atoms with Gasteiger partial charge in [0.05, 0.1) is 16.5 Å². The maximum Gasteiger partial charge on any atom is 0.272 e. The molecule has 0 saturated carbocycles. The van der Waals surface area contributed by atoms with Crippen LogP contribution in [0.5, 0.6) is 0 Å². The highest BCUT2D eigenvalue weighted by Crippen LogP contribution is 2.20. The van der Waals surface area contributed by atoms with Crippen LogP contribution in [-0.4, -0.2) is 33.1 Å². The monoisotopic (exact) mass is 470 g/mol. The number of aromatic amines is 1. The van der Waals surface area contributed by atoms with Crippen LogP contribution >= 0.6 is 0 Å². The van der Waals surface area contributed by atoms with E-state index in [4.69, 9.17) is 0 Å². The van der Waals surface area contributed by atoms with Crippen molar-refractivity contribution in [3.05, 3.63) is 116 Å². The van der Waals surface area contributed by atoms with Crippen LogP contribution in [0.2, 0.25) is 0 Å². The van der Waals surface area contributed by atoms with Crippen LogP contribution in [0, 0.1) is 10.1 Å². The Labute approximate surface area is 197 Å². The number of benzene rings is 3. The van der Waals surface area contributed by atoms with E-state index < -0.39 is 28.3 Å². The molecule has 0 spiro atoms. The van der Waals surface area contributed by atoms with Gasteiger partial charge in [0.1, 0.15) is 5.69 Å². The molecule has 1 unspecified atom stereocenters. The molecule has 0 fully saturated rings. The van der Waals surface area contributed by atoms with E-state index in [1.165, 1.54) is 24.4 Å². The van der Waals surface area contributed by atoms with Gasteiger partial charge in [0.25, 0.3) is 23.1 Å². The quantitative estimate of drug-likeness (QED) is 0.214. The Kier molecular flexibility index (Phi) is 6.68. The Bertz CT molecular complexity index is 1500. The van der Waals surface area contributed by atoms with Crippen LogP contribution < -0.4 is 16.3 Å². The number of carbonyl (C=O) groups excluding carboxylic acids is 2. The molecule has 4 aromatic rings. The lowest BCUT2D eigenvalue weighted by molar-refractivity contribution is -0.384. The summed E-state index contributed by atoms with van der Waals surface area (Å²) in [5, 5.41) is 24.5. The Balaban J connectivity index is 1.65. The summed E-state index contributed by atoms with van der Waals surface area (Å²) in [5.41, 5.74) is 2.58. The zero-order chi connectivity index (χ0) is 24.8. The molecular formula is C24H18N6O5. The van der Waals surface area contributed by atoms with Crippen LogP contribution in [0.3, 0.4) is 0 Å². The van der Waals surface area contributed by atoms with Crippen LogP contribution in [0.1, 0.15) is 27.7 Å². The summed E-state index contributed by atoms with van der Waals surface area (Å²) in [5.74, 6) is -1.27. The average molecular weight is 470 g/mol. The summed E-state index contributed by atoms with van der Waals surface area (Å²) in [6.07, 6.45) is 1.24. The number of nitrogens with one attached hydrogen (secondary N) is 3. The van der Waals surface area contributed by atoms with Crippen molar-refractivity contribution in [3.8, 4) is 0 Å². The summed E-state index contributed by atoms with van der Waals surface area (Å²) < 4.78 is 0. The van der Waals surface area contributed by atoms with Crippen molar-refractivity contribution in [1.82, 2.24) is 20.9 Å². The van der Waals surface area contributed by atoms with Gasteiger partial charge in [-0.05, 0) is 18.2 Å². The predicted molar refractivity (Wildman–Crippen MR) is 128 cm³/mol. The molecule has 0 radical (unpaired) electrons. The number of hydrazone groups is 1. The minimum Gasteiger partial charge on any atom is -0.335 e. The van der Waals surface area contributed by atoms with E-state index in [1.807, 2.05) is 0 Å². The number of hydrogen-bond donors (Lipinski definition) is 3. The molecule has 0 aliphatic carbocycles. The number of amides is 2. The van der Waals surface area contributed by atoms with E-state index in [1.54, 1.807) is 60.7 Å². The van der Waals surface area contributed by atoms with Gasteiger partial charge in [-0.3, -0.25) is 24.5 Å². The second-order valence-electron chi connectivity index (χ2n) is 7.34. The fourth-order valence-corrected chi connectivity index (χ4v) is 3.37. The number of aromatic nitrogens is 2. The minimum atomic E-state index is -1.31. The van der Waals surface area contributed by atoms with Gasteiger partial charge >= 0.3 is 0 Å². The molecule has 0 saturated heterocycles. The van der Waals surface area contributed by atoms with Crippen molar-refractivity contribution in [1.29, 1.82) is 0 Å². The van der Waals surface area contributed by atoms with Gasteiger partial charge in [0, 0.05) is 28.6 Å². The lowest BCUT2D eigenvalue weighted by Gasteiger charge is -2.18. The number of fused-ring (bicyclic) bond motifs is 1. The summed E-state index contributed by atoms with van der Waals surface area (Å²) in [6, 6.07) is 19.2. The smallest absolute Gasteiger partial charge is 0.272 e. The van der Waals surface area contributed by atoms with Crippen LogP contribution in [0.25, 0.3) is 10.8 Å². The first-order valence-electron chi connectivity index (χ1n) is 10.3. The molecule has 1 aromatic heterocycles. The molecule has 35 heavy (non-hydrogen) atoms. The zero-order valence-electron chi connectivity index (χ0n) is 18.0. The lowest BCUT2D eigenvalue weighted by Crippen LogP contribution is -2.40. The fraction of sp³-hybridized carbons (Fsp3) is 0.0417. The number of hydrogen-bond acceptors (Lipinski definition) is 7. The third kappa shape index (κ3) is 5.25. The molecule has 4 rings (SSSR count). The van der Waals surface area contributed by atoms with Gasteiger partial charge in [-0.25, -0.2) is 10.5 Å². The number of nitro groups is 1. The van der Waals surface area contributed by atoms with Gasteiger partial charge in [0.15, 0.2) is 6.04 Å². The maximum atomic E-state index is 13.1. The third-order valence-corrected chi connectivity index (χ3v) is 5.04. The minimum absolute atomic E-state index is 0.118. The summed E-state index contributed by atoms with van der Waals surface area (Å²) in [6.45, 7) is 0. The highest BCUT2D eigenvalue weighted by atomic mass is 16.6. The molecule has 11 nitrogen and oxygen atoms in total. The topological polar surface area (TPSA) is 159 Å². The zero-order valence-corrected chi connectivity index (χ0v) is 18.0. The molecule has 11 heteroatoms.